The summed E-state index contributed by atoms with van der Waals surface area (Å²) >= 11 is 0. The van der Waals surface area contributed by atoms with Crippen molar-refractivity contribution in [3.8, 4) is 28.7 Å². The highest BCUT2D eigenvalue weighted by Gasteiger charge is 2.22. The van der Waals surface area contributed by atoms with E-state index in [9.17, 15) is 14.9 Å². The van der Waals surface area contributed by atoms with E-state index in [-0.39, 0.29) is 17.5 Å². The van der Waals surface area contributed by atoms with Crippen LogP contribution in [0.3, 0.4) is 0 Å². The van der Waals surface area contributed by atoms with Crippen LogP contribution >= 0.6 is 0 Å². The average Bonchev–Trinajstić information content (AvgIpc) is 2.93. The second-order valence-electron chi connectivity index (χ2n) is 8.92. The summed E-state index contributed by atoms with van der Waals surface area (Å²) in [5.74, 6) is -0.160. The molecule has 0 radical (unpaired) electrons. The van der Waals surface area contributed by atoms with Gasteiger partial charge in [0.2, 0.25) is 0 Å². The van der Waals surface area contributed by atoms with E-state index in [2.05, 4.69) is 31.7 Å². The Bertz CT molecular complexity index is 1540. The minimum absolute atomic E-state index is 0.271. The molecule has 0 aliphatic heterocycles. The SMILES string of the molecule is CNC(=O)c1cc(-c2nccc(-c3cc(NC(=O)c4ccnc(C(C)(C)C#N)c4)ccc3C)n2)ccn1. The van der Waals surface area contributed by atoms with Crippen LogP contribution in [0.25, 0.3) is 22.6 Å². The fourth-order valence-corrected chi connectivity index (χ4v) is 3.62. The Morgan fingerprint density at radius 3 is 2.43 bits per heavy atom. The van der Waals surface area contributed by atoms with Crippen molar-refractivity contribution in [1.82, 2.24) is 25.3 Å². The Labute approximate surface area is 214 Å². The number of hydrogen-bond donors (Lipinski definition) is 2. The highest BCUT2D eigenvalue weighted by molar-refractivity contribution is 6.04. The van der Waals surface area contributed by atoms with Gasteiger partial charge in [0.15, 0.2) is 5.82 Å². The van der Waals surface area contributed by atoms with E-state index in [1.807, 2.05) is 25.1 Å². The van der Waals surface area contributed by atoms with Crippen LogP contribution in [0.4, 0.5) is 5.69 Å². The average molecular weight is 492 g/mol. The fourth-order valence-electron chi connectivity index (χ4n) is 3.62. The molecule has 0 aliphatic rings. The molecular formula is C28H25N7O2. The van der Waals surface area contributed by atoms with Gasteiger partial charge >= 0.3 is 0 Å². The summed E-state index contributed by atoms with van der Waals surface area (Å²) in [5.41, 5.74) is 4.09. The highest BCUT2D eigenvalue weighted by Crippen LogP contribution is 2.27. The summed E-state index contributed by atoms with van der Waals surface area (Å²) in [7, 11) is 1.54. The zero-order valence-corrected chi connectivity index (χ0v) is 20.9. The lowest BCUT2D eigenvalue weighted by atomic mass is 9.90. The molecule has 9 heteroatoms. The number of amides is 2. The third kappa shape index (κ3) is 5.49. The summed E-state index contributed by atoms with van der Waals surface area (Å²) in [4.78, 5) is 42.4. The molecule has 0 spiro atoms. The van der Waals surface area contributed by atoms with Gasteiger partial charge in [0.1, 0.15) is 5.69 Å². The number of rotatable bonds is 6. The Kier molecular flexibility index (Phi) is 7.02. The van der Waals surface area contributed by atoms with E-state index in [0.717, 1.165) is 11.1 Å². The molecule has 0 atom stereocenters. The number of benzene rings is 1. The van der Waals surface area contributed by atoms with Crippen LogP contribution in [0.5, 0.6) is 0 Å². The topological polar surface area (TPSA) is 134 Å². The second kappa shape index (κ2) is 10.3. The van der Waals surface area contributed by atoms with Gasteiger partial charge in [-0.1, -0.05) is 6.07 Å². The summed E-state index contributed by atoms with van der Waals surface area (Å²) in [6.07, 6.45) is 4.72. The summed E-state index contributed by atoms with van der Waals surface area (Å²) in [6.45, 7) is 5.47. The van der Waals surface area contributed by atoms with Crippen molar-refractivity contribution in [2.24, 2.45) is 0 Å². The van der Waals surface area contributed by atoms with Gasteiger partial charge in [0, 0.05) is 48.0 Å². The standard InChI is InChI=1S/C28H25N7O2/c1-17-5-6-20(34-26(36)19-8-11-32-24(14-19)28(2,3)16-29)15-21(17)22-9-12-33-25(35-22)18-7-10-31-23(13-18)27(37)30-4/h5-15H,1-4H3,(H,30,37)(H,34,36). The van der Waals surface area contributed by atoms with Crippen molar-refractivity contribution in [3.05, 3.63) is 89.6 Å². The van der Waals surface area contributed by atoms with Gasteiger partial charge < -0.3 is 10.6 Å². The smallest absolute Gasteiger partial charge is 0.269 e. The zero-order chi connectivity index (χ0) is 26.6. The van der Waals surface area contributed by atoms with Crippen molar-refractivity contribution >= 4 is 17.5 Å². The molecule has 4 aromatic rings. The molecule has 3 aromatic heterocycles. The number of carbonyl (C=O) groups excluding carboxylic acids is 2. The van der Waals surface area contributed by atoms with Crippen molar-refractivity contribution < 1.29 is 9.59 Å². The van der Waals surface area contributed by atoms with E-state index in [0.29, 0.717) is 34.0 Å². The van der Waals surface area contributed by atoms with E-state index in [1.54, 1.807) is 63.6 Å². The monoisotopic (exact) mass is 491 g/mol. The number of aryl methyl sites for hydroxylation is 1. The van der Waals surface area contributed by atoms with E-state index in [4.69, 9.17) is 4.98 Å². The van der Waals surface area contributed by atoms with Crippen molar-refractivity contribution in [2.45, 2.75) is 26.2 Å². The first-order valence-electron chi connectivity index (χ1n) is 11.5. The van der Waals surface area contributed by atoms with Crippen LogP contribution in [0.2, 0.25) is 0 Å². The van der Waals surface area contributed by atoms with E-state index < -0.39 is 5.41 Å². The largest absolute Gasteiger partial charge is 0.354 e. The molecular weight excluding hydrogens is 466 g/mol. The number of hydrogen-bond acceptors (Lipinski definition) is 7. The summed E-state index contributed by atoms with van der Waals surface area (Å²) in [5, 5.41) is 14.9. The third-order valence-electron chi connectivity index (χ3n) is 5.85. The van der Waals surface area contributed by atoms with Gasteiger partial charge in [-0.25, -0.2) is 9.97 Å². The number of nitrogens with zero attached hydrogens (tertiary/aromatic N) is 5. The van der Waals surface area contributed by atoms with Crippen LogP contribution in [0.15, 0.2) is 67.1 Å². The number of anilines is 1. The van der Waals surface area contributed by atoms with Crippen LogP contribution < -0.4 is 10.6 Å². The maximum Gasteiger partial charge on any atom is 0.269 e. The number of pyridine rings is 2. The molecule has 2 amide bonds. The molecule has 2 N–H and O–H groups in total. The van der Waals surface area contributed by atoms with Gasteiger partial charge in [0.05, 0.1) is 22.9 Å². The minimum Gasteiger partial charge on any atom is -0.354 e. The Balaban J connectivity index is 1.63. The predicted molar refractivity (Wildman–Crippen MR) is 140 cm³/mol. The van der Waals surface area contributed by atoms with Crippen molar-refractivity contribution in [1.29, 1.82) is 5.26 Å². The molecule has 0 saturated carbocycles. The second-order valence-corrected chi connectivity index (χ2v) is 8.92. The molecule has 0 bridgehead atoms. The minimum atomic E-state index is -0.812. The molecule has 184 valence electrons. The molecule has 4 rings (SSSR count). The number of nitrogens with one attached hydrogen (secondary N) is 2. The summed E-state index contributed by atoms with van der Waals surface area (Å²) < 4.78 is 0. The first-order valence-corrected chi connectivity index (χ1v) is 11.5. The lowest BCUT2D eigenvalue weighted by Gasteiger charge is -2.15. The highest BCUT2D eigenvalue weighted by atomic mass is 16.2. The molecule has 9 nitrogen and oxygen atoms in total. The van der Waals surface area contributed by atoms with Crippen molar-refractivity contribution in [3.63, 3.8) is 0 Å². The van der Waals surface area contributed by atoms with E-state index >= 15 is 0 Å². The van der Waals surface area contributed by atoms with Gasteiger partial charge in [-0.2, -0.15) is 5.26 Å². The van der Waals surface area contributed by atoms with Crippen LogP contribution in [0, 0.1) is 18.3 Å². The van der Waals surface area contributed by atoms with Gasteiger partial charge in [-0.05, 0) is 68.8 Å². The lowest BCUT2D eigenvalue weighted by molar-refractivity contribution is 0.0957. The van der Waals surface area contributed by atoms with Crippen LogP contribution in [-0.4, -0.2) is 38.8 Å². The van der Waals surface area contributed by atoms with Gasteiger partial charge in [-0.3, -0.25) is 19.6 Å². The number of aromatic nitrogens is 4. The molecule has 37 heavy (non-hydrogen) atoms. The van der Waals surface area contributed by atoms with Crippen LogP contribution in [-0.2, 0) is 5.41 Å². The first kappa shape index (κ1) is 25.1. The maximum absolute atomic E-state index is 13.0. The molecule has 0 fully saturated rings. The Hall–Kier alpha value is -4.97. The fraction of sp³-hybridized carbons (Fsp3) is 0.179. The quantitative estimate of drug-likeness (QED) is 0.410. The number of carbonyl (C=O) groups is 2. The first-order chi connectivity index (χ1) is 17.7. The Morgan fingerprint density at radius 2 is 1.68 bits per heavy atom. The Morgan fingerprint density at radius 1 is 0.919 bits per heavy atom. The third-order valence-corrected chi connectivity index (χ3v) is 5.85. The molecule has 0 aliphatic carbocycles. The lowest BCUT2D eigenvalue weighted by Crippen LogP contribution is -2.19. The molecule has 0 unspecified atom stereocenters. The van der Waals surface area contributed by atoms with Crippen molar-refractivity contribution in [2.75, 3.05) is 12.4 Å². The normalized spacial score (nSPS) is 10.9. The number of nitriles is 1. The van der Waals surface area contributed by atoms with Crippen LogP contribution in [0.1, 0.15) is 46.0 Å². The van der Waals surface area contributed by atoms with Gasteiger partial charge in [0.25, 0.3) is 11.8 Å². The van der Waals surface area contributed by atoms with Gasteiger partial charge in [-0.15, -0.1) is 0 Å². The molecule has 0 saturated heterocycles. The molecule has 1 aromatic carbocycles. The molecule has 3 heterocycles. The zero-order valence-electron chi connectivity index (χ0n) is 20.9. The summed E-state index contributed by atoms with van der Waals surface area (Å²) in [6, 6.07) is 16.2. The maximum atomic E-state index is 13.0. The van der Waals surface area contributed by atoms with E-state index in [1.165, 1.54) is 6.20 Å². The predicted octanol–water partition coefficient (Wildman–Crippen LogP) is 4.32.